The highest BCUT2D eigenvalue weighted by molar-refractivity contribution is 5.34. The Morgan fingerprint density at radius 1 is 1.15 bits per heavy atom. The van der Waals surface area contributed by atoms with Gasteiger partial charge in [0.15, 0.2) is 0 Å². The largest absolute Gasteiger partial charge is 0.306 e. The van der Waals surface area contributed by atoms with Crippen molar-refractivity contribution in [2.24, 2.45) is 0 Å². The van der Waals surface area contributed by atoms with Crippen molar-refractivity contribution in [2.75, 3.05) is 6.54 Å². The molecule has 1 atom stereocenters. The van der Waals surface area contributed by atoms with Crippen molar-refractivity contribution in [1.82, 2.24) is 10.3 Å². The summed E-state index contributed by atoms with van der Waals surface area (Å²) in [5.74, 6) is -0.167. The SMILES string of the molecule is CCCNC(c1cncc(C)c1)c1ccc(C)cc1F. The van der Waals surface area contributed by atoms with E-state index in [1.165, 1.54) is 0 Å². The molecule has 1 aromatic heterocycles. The molecule has 2 aromatic rings. The van der Waals surface area contributed by atoms with E-state index in [4.69, 9.17) is 0 Å². The third-order valence-electron chi connectivity index (χ3n) is 3.29. The maximum atomic E-state index is 14.3. The second kappa shape index (κ2) is 6.62. The molecule has 0 spiro atoms. The van der Waals surface area contributed by atoms with Crippen LogP contribution in [0, 0.1) is 19.7 Å². The van der Waals surface area contributed by atoms with E-state index in [0.29, 0.717) is 5.56 Å². The van der Waals surface area contributed by atoms with Gasteiger partial charge in [-0.25, -0.2) is 4.39 Å². The molecule has 1 unspecified atom stereocenters. The first-order valence-electron chi connectivity index (χ1n) is 7.02. The molecule has 0 radical (unpaired) electrons. The van der Waals surface area contributed by atoms with Crippen molar-refractivity contribution < 1.29 is 4.39 Å². The third kappa shape index (κ3) is 3.42. The van der Waals surface area contributed by atoms with E-state index in [0.717, 1.165) is 29.7 Å². The van der Waals surface area contributed by atoms with Gasteiger partial charge in [0.1, 0.15) is 5.82 Å². The van der Waals surface area contributed by atoms with E-state index < -0.39 is 0 Å². The Morgan fingerprint density at radius 3 is 2.60 bits per heavy atom. The third-order valence-corrected chi connectivity index (χ3v) is 3.29. The Balaban J connectivity index is 2.41. The molecule has 2 rings (SSSR count). The van der Waals surface area contributed by atoms with Crippen LogP contribution >= 0.6 is 0 Å². The summed E-state index contributed by atoms with van der Waals surface area (Å²) < 4.78 is 14.3. The van der Waals surface area contributed by atoms with E-state index in [2.05, 4.69) is 23.3 Å². The highest BCUT2D eigenvalue weighted by atomic mass is 19.1. The van der Waals surface area contributed by atoms with Crippen molar-refractivity contribution in [3.05, 3.63) is 64.7 Å². The average molecular weight is 272 g/mol. The molecule has 0 amide bonds. The molecule has 1 heterocycles. The first-order valence-corrected chi connectivity index (χ1v) is 7.02. The van der Waals surface area contributed by atoms with Crippen LogP contribution in [0.1, 0.15) is 41.6 Å². The molecule has 20 heavy (non-hydrogen) atoms. The number of rotatable bonds is 5. The van der Waals surface area contributed by atoms with Gasteiger partial charge in [-0.05, 0) is 49.6 Å². The van der Waals surface area contributed by atoms with Gasteiger partial charge >= 0.3 is 0 Å². The Labute approximate surface area is 120 Å². The summed E-state index contributed by atoms with van der Waals surface area (Å²) in [6, 6.07) is 7.30. The Morgan fingerprint density at radius 2 is 1.95 bits per heavy atom. The van der Waals surface area contributed by atoms with Crippen molar-refractivity contribution in [3.63, 3.8) is 0 Å². The van der Waals surface area contributed by atoms with Gasteiger partial charge in [-0.3, -0.25) is 4.98 Å². The predicted molar refractivity (Wildman–Crippen MR) is 80.2 cm³/mol. The fraction of sp³-hybridized carbons (Fsp3) is 0.353. The molecule has 1 N–H and O–H groups in total. The quantitative estimate of drug-likeness (QED) is 0.892. The lowest BCUT2D eigenvalue weighted by Gasteiger charge is -2.20. The maximum absolute atomic E-state index is 14.3. The molecule has 3 heteroatoms. The smallest absolute Gasteiger partial charge is 0.128 e. The molecule has 0 saturated heterocycles. The zero-order valence-corrected chi connectivity index (χ0v) is 12.3. The number of hydrogen-bond donors (Lipinski definition) is 1. The number of hydrogen-bond acceptors (Lipinski definition) is 2. The minimum absolute atomic E-state index is 0.150. The number of aromatic nitrogens is 1. The predicted octanol–water partition coefficient (Wildman–Crippen LogP) is 3.93. The van der Waals surface area contributed by atoms with Crippen molar-refractivity contribution in [1.29, 1.82) is 0 Å². The number of halogens is 1. The summed E-state index contributed by atoms with van der Waals surface area (Å²) in [5.41, 5.74) is 3.69. The fourth-order valence-corrected chi connectivity index (χ4v) is 2.30. The number of nitrogens with one attached hydrogen (secondary N) is 1. The molecule has 0 aliphatic carbocycles. The number of aryl methyl sites for hydroxylation is 2. The van der Waals surface area contributed by atoms with Crippen LogP contribution < -0.4 is 5.32 Å². The topological polar surface area (TPSA) is 24.9 Å². The Kier molecular flexibility index (Phi) is 4.85. The summed E-state index contributed by atoms with van der Waals surface area (Å²) in [7, 11) is 0. The van der Waals surface area contributed by atoms with Crippen molar-refractivity contribution in [3.8, 4) is 0 Å². The van der Waals surface area contributed by atoms with E-state index >= 15 is 0 Å². The highest BCUT2D eigenvalue weighted by Gasteiger charge is 2.17. The minimum atomic E-state index is -0.167. The van der Waals surface area contributed by atoms with Crippen LogP contribution in [-0.2, 0) is 0 Å². The second-order valence-electron chi connectivity index (χ2n) is 5.21. The van der Waals surface area contributed by atoms with Crippen LogP contribution in [0.3, 0.4) is 0 Å². The van der Waals surface area contributed by atoms with Crippen LogP contribution in [0.4, 0.5) is 4.39 Å². The molecule has 0 fully saturated rings. The van der Waals surface area contributed by atoms with Gasteiger partial charge in [0.05, 0.1) is 6.04 Å². The normalized spacial score (nSPS) is 12.4. The summed E-state index contributed by atoms with van der Waals surface area (Å²) in [4.78, 5) is 4.22. The zero-order valence-electron chi connectivity index (χ0n) is 12.3. The standard InChI is InChI=1S/C17H21FN2/c1-4-7-20-17(14-8-13(3)10-19-11-14)15-6-5-12(2)9-16(15)18/h5-6,8-11,17,20H,4,7H2,1-3H3. The van der Waals surface area contributed by atoms with Crippen LogP contribution in [0.5, 0.6) is 0 Å². The van der Waals surface area contributed by atoms with Crippen molar-refractivity contribution in [2.45, 2.75) is 33.2 Å². The lowest BCUT2D eigenvalue weighted by Crippen LogP contribution is -2.24. The van der Waals surface area contributed by atoms with Gasteiger partial charge in [0.25, 0.3) is 0 Å². The average Bonchev–Trinajstić information content (AvgIpc) is 2.41. The number of pyridine rings is 1. The molecule has 106 valence electrons. The molecule has 0 aliphatic rings. The summed E-state index contributed by atoms with van der Waals surface area (Å²) >= 11 is 0. The second-order valence-corrected chi connectivity index (χ2v) is 5.21. The van der Waals surface area contributed by atoms with Gasteiger partial charge < -0.3 is 5.32 Å². The first-order chi connectivity index (χ1) is 9.61. The van der Waals surface area contributed by atoms with E-state index in [1.54, 1.807) is 12.3 Å². The maximum Gasteiger partial charge on any atom is 0.128 e. The van der Waals surface area contributed by atoms with Crippen molar-refractivity contribution >= 4 is 0 Å². The zero-order chi connectivity index (χ0) is 14.5. The number of benzene rings is 1. The molecular weight excluding hydrogens is 251 g/mol. The van der Waals surface area contributed by atoms with Crippen LogP contribution in [0.25, 0.3) is 0 Å². The van der Waals surface area contributed by atoms with Crippen LogP contribution in [-0.4, -0.2) is 11.5 Å². The Bertz CT molecular complexity index is 581. The molecule has 0 bridgehead atoms. The number of nitrogens with zero attached hydrogens (tertiary/aromatic N) is 1. The molecule has 0 aliphatic heterocycles. The highest BCUT2D eigenvalue weighted by Crippen LogP contribution is 2.25. The van der Waals surface area contributed by atoms with Gasteiger partial charge in [-0.15, -0.1) is 0 Å². The minimum Gasteiger partial charge on any atom is -0.306 e. The summed E-state index contributed by atoms with van der Waals surface area (Å²) in [6.45, 7) is 6.84. The van der Waals surface area contributed by atoms with Crippen LogP contribution in [0.15, 0.2) is 36.7 Å². The summed E-state index contributed by atoms with van der Waals surface area (Å²) in [6.07, 6.45) is 4.62. The molecule has 2 nitrogen and oxygen atoms in total. The van der Waals surface area contributed by atoms with Crippen LogP contribution in [0.2, 0.25) is 0 Å². The Hall–Kier alpha value is -1.74. The molecular formula is C17H21FN2. The lowest BCUT2D eigenvalue weighted by atomic mass is 9.97. The molecule has 0 saturated carbocycles. The van der Waals surface area contributed by atoms with Gasteiger partial charge in [-0.1, -0.05) is 25.1 Å². The van der Waals surface area contributed by atoms with E-state index in [9.17, 15) is 4.39 Å². The lowest BCUT2D eigenvalue weighted by molar-refractivity contribution is 0.545. The van der Waals surface area contributed by atoms with Gasteiger partial charge in [0.2, 0.25) is 0 Å². The first kappa shape index (κ1) is 14.7. The monoisotopic (exact) mass is 272 g/mol. The fourth-order valence-electron chi connectivity index (χ4n) is 2.30. The van der Waals surface area contributed by atoms with Gasteiger partial charge in [0, 0.05) is 18.0 Å². The molecule has 1 aromatic carbocycles. The van der Waals surface area contributed by atoms with E-state index in [1.807, 2.05) is 32.2 Å². The van der Waals surface area contributed by atoms with E-state index in [-0.39, 0.29) is 11.9 Å². The summed E-state index contributed by atoms with van der Waals surface area (Å²) in [5, 5.41) is 3.41. The van der Waals surface area contributed by atoms with Gasteiger partial charge in [-0.2, -0.15) is 0 Å².